The summed E-state index contributed by atoms with van der Waals surface area (Å²) < 4.78 is 0. The molecule has 1 amide bonds. The van der Waals surface area contributed by atoms with Gasteiger partial charge >= 0.3 is 0 Å². The van der Waals surface area contributed by atoms with Crippen LogP contribution in [-0.2, 0) is 4.79 Å². The molecule has 0 aromatic heterocycles. The third-order valence-electron chi connectivity index (χ3n) is 2.48. The van der Waals surface area contributed by atoms with Gasteiger partial charge in [-0.2, -0.15) is 0 Å². The second-order valence-corrected chi connectivity index (χ2v) is 4.12. The summed E-state index contributed by atoms with van der Waals surface area (Å²) in [6.45, 7) is 2.95. The first-order chi connectivity index (χ1) is 6.25. The quantitative estimate of drug-likeness (QED) is 0.510. The summed E-state index contributed by atoms with van der Waals surface area (Å²) in [6.07, 6.45) is 5.94. The molecule has 0 aromatic rings. The minimum atomic E-state index is -0.0735. The minimum absolute atomic E-state index is 0.0735. The van der Waals surface area contributed by atoms with Crippen LogP contribution in [0.15, 0.2) is 0 Å². The molecule has 3 heteroatoms. The second-order valence-electron chi connectivity index (χ2n) is 3.62. The van der Waals surface area contributed by atoms with Gasteiger partial charge in [0.2, 0.25) is 5.91 Å². The number of hydrogen-bond donors (Lipinski definition) is 0. The number of amides is 1. The Balaban J connectivity index is 2.48. The van der Waals surface area contributed by atoms with Crippen LogP contribution < -0.4 is 0 Å². The lowest BCUT2D eigenvalue weighted by Gasteiger charge is -2.25. The molecule has 0 N–H and O–H groups in total. The average molecular weight is 204 g/mol. The Morgan fingerprint density at radius 3 is 2.92 bits per heavy atom. The van der Waals surface area contributed by atoms with Gasteiger partial charge < -0.3 is 4.90 Å². The number of likely N-dealkylation sites (tertiary alicyclic amines) is 1. The lowest BCUT2D eigenvalue weighted by atomic mass is 10.2. The Kier molecular flexibility index (Phi) is 4.57. The number of carbonyl (C=O) groups is 1. The predicted octanol–water partition coefficient (Wildman–Crippen LogP) is 2.75. The zero-order chi connectivity index (χ0) is 9.68. The summed E-state index contributed by atoms with van der Waals surface area (Å²) in [4.78, 5) is 13.4. The summed E-state index contributed by atoms with van der Waals surface area (Å²) in [7, 11) is 0. The molecule has 0 aliphatic carbocycles. The molecule has 0 spiro atoms. The van der Waals surface area contributed by atoms with Crippen molar-refractivity contribution in [3.05, 3.63) is 0 Å². The number of nitrogens with zero attached hydrogens (tertiary/aromatic N) is 1. The molecule has 1 aliphatic rings. The average Bonchev–Trinajstić information content (AvgIpc) is 2.30. The van der Waals surface area contributed by atoms with Gasteiger partial charge in [-0.05, 0) is 19.3 Å². The molecule has 1 heterocycles. The molecule has 1 saturated heterocycles. The van der Waals surface area contributed by atoms with E-state index in [0.717, 1.165) is 38.6 Å². The molecule has 2 nitrogen and oxygen atoms in total. The standard InChI is InChI=1S/C10H18ClNO/c1-2-6-9(11)12-8-5-3-4-7-10(12)13/h9H,2-8H2,1H3. The monoisotopic (exact) mass is 203 g/mol. The Labute approximate surface area is 85.2 Å². The molecule has 0 aromatic carbocycles. The molecule has 0 bridgehead atoms. The predicted molar refractivity (Wildman–Crippen MR) is 54.7 cm³/mol. The Hall–Kier alpha value is -0.240. The van der Waals surface area contributed by atoms with E-state index in [4.69, 9.17) is 11.6 Å². The fourth-order valence-electron chi connectivity index (χ4n) is 1.69. The van der Waals surface area contributed by atoms with Gasteiger partial charge in [-0.3, -0.25) is 4.79 Å². The maximum atomic E-state index is 11.6. The Bertz CT molecular complexity index is 172. The van der Waals surface area contributed by atoms with Gasteiger partial charge in [0.15, 0.2) is 0 Å². The van der Waals surface area contributed by atoms with E-state index in [9.17, 15) is 4.79 Å². The van der Waals surface area contributed by atoms with E-state index in [-0.39, 0.29) is 11.4 Å². The number of alkyl halides is 1. The van der Waals surface area contributed by atoms with E-state index in [1.807, 2.05) is 4.90 Å². The van der Waals surface area contributed by atoms with Crippen LogP contribution in [0.2, 0.25) is 0 Å². The van der Waals surface area contributed by atoms with Crippen molar-refractivity contribution in [1.82, 2.24) is 4.90 Å². The highest BCUT2D eigenvalue weighted by molar-refractivity contribution is 6.21. The van der Waals surface area contributed by atoms with E-state index in [1.54, 1.807) is 0 Å². The smallest absolute Gasteiger partial charge is 0.223 e. The van der Waals surface area contributed by atoms with Crippen LogP contribution in [0.25, 0.3) is 0 Å². The van der Waals surface area contributed by atoms with Crippen LogP contribution in [0.4, 0.5) is 0 Å². The lowest BCUT2D eigenvalue weighted by Crippen LogP contribution is -2.36. The van der Waals surface area contributed by atoms with Crippen molar-refractivity contribution in [2.45, 2.75) is 50.9 Å². The number of hydrogen-bond acceptors (Lipinski definition) is 1. The van der Waals surface area contributed by atoms with Crippen molar-refractivity contribution in [3.8, 4) is 0 Å². The minimum Gasteiger partial charge on any atom is -0.326 e. The normalized spacial score (nSPS) is 21.4. The molecule has 1 rings (SSSR count). The van der Waals surface area contributed by atoms with Crippen LogP contribution >= 0.6 is 11.6 Å². The molecular weight excluding hydrogens is 186 g/mol. The fourth-order valence-corrected chi connectivity index (χ4v) is 2.12. The van der Waals surface area contributed by atoms with E-state index in [1.165, 1.54) is 0 Å². The van der Waals surface area contributed by atoms with Gasteiger partial charge in [0.25, 0.3) is 0 Å². The zero-order valence-electron chi connectivity index (χ0n) is 8.26. The van der Waals surface area contributed by atoms with Crippen LogP contribution in [0.1, 0.15) is 45.4 Å². The molecule has 13 heavy (non-hydrogen) atoms. The van der Waals surface area contributed by atoms with Crippen molar-refractivity contribution in [2.75, 3.05) is 6.54 Å². The maximum Gasteiger partial charge on any atom is 0.223 e. The van der Waals surface area contributed by atoms with Crippen molar-refractivity contribution in [2.24, 2.45) is 0 Å². The summed E-state index contributed by atoms with van der Waals surface area (Å²) in [5, 5.41) is 0. The van der Waals surface area contributed by atoms with Crippen molar-refractivity contribution >= 4 is 17.5 Å². The molecule has 1 fully saturated rings. The van der Waals surface area contributed by atoms with Crippen LogP contribution in [-0.4, -0.2) is 22.9 Å². The van der Waals surface area contributed by atoms with Gasteiger partial charge in [0.05, 0.1) is 0 Å². The third-order valence-corrected chi connectivity index (χ3v) is 2.93. The SMILES string of the molecule is CCCC(Cl)N1CCCCCC1=O. The van der Waals surface area contributed by atoms with Crippen LogP contribution in [0.5, 0.6) is 0 Å². The highest BCUT2D eigenvalue weighted by atomic mass is 35.5. The van der Waals surface area contributed by atoms with Crippen molar-refractivity contribution in [1.29, 1.82) is 0 Å². The first-order valence-electron chi connectivity index (χ1n) is 5.19. The summed E-state index contributed by atoms with van der Waals surface area (Å²) in [5.74, 6) is 0.242. The third kappa shape index (κ3) is 3.18. The molecule has 0 radical (unpaired) electrons. The van der Waals surface area contributed by atoms with Gasteiger partial charge in [-0.15, -0.1) is 0 Å². The van der Waals surface area contributed by atoms with Gasteiger partial charge in [-0.1, -0.05) is 31.4 Å². The zero-order valence-corrected chi connectivity index (χ0v) is 9.02. The first-order valence-corrected chi connectivity index (χ1v) is 5.63. The first kappa shape index (κ1) is 10.8. The molecular formula is C10H18ClNO. The summed E-state index contributed by atoms with van der Waals surface area (Å²) in [5.41, 5.74) is -0.0735. The van der Waals surface area contributed by atoms with Crippen molar-refractivity contribution < 1.29 is 4.79 Å². The fraction of sp³-hybridized carbons (Fsp3) is 0.900. The van der Waals surface area contributed by atoms with E-state index < -0.39 is 0 Å². The Morgan fingerprint density at radius 1 is 1.46 bits per heavy atom. The van der Waals surface area contributed by atoms with Crippen LogP contribution in [0, 0.1) is 0 Å². The summed E-state index contributed by atoms with van der Waals surface area (Å²) >= 11 is 6.13. The lowest BCUT2D eigenvalue weighted by molar-refractivity contribution is -0.131. The van der Waals surface area contributed by atoms with E-state index >= 15 is 0 Å². The van der Waals surface area contributed by atoms with Gasteiger partial charge in [0, 0.05) is 13.0 Å². The second kappa shape index (κ2) is 5.48. The molecule has 1 atom stereocenters. The topological polar surface area (TPSA) is 20.3 Å². The highest BCUT2D eigenvalue weighted by Crippen LogP contribution is 2.18. The van der Waals surface area contributed by atoms with E-state index in [0.29, 0.717) is 6.42 Å². The number of rotatable bonds is 3. The van der Waals surface area contributed by atoms with Gasteiger partial charge in [-0.25, -0.2) is 0 Å². The van der Waals surface area contributed by atoms with Crippen molar-refractivity contribution in [3.63, 3.8) is 0 Å². The molecule has 1 aliphatic heterocycles. The Morgan fingerprint density at radius 2 is 2.23 bits per heavy atom. The molecule has 1 unspecified atom stereocenters. The van der Waals surface area contributed by atoms with Crippen LogP contribution in [0.3, 0.4) is 0 Å². The molecule has 76 valence electrons. The van der Waals surface area contributed by atoms with Gasteiger partial charge in [0.1, 0.15) is 5.50 Å². The van der Waals surface area contributed by atoms with E-state index in [2.05, 4.69) is 6.92 Å². The number of halogens is 1. The number of carbonyl (C=O) groups excluding carboxylic acids is 1. The molecule has 0 saturated carbocycles. The summed E-state index contributed by atoms with van der Waals surface area (Å²) in [6, 6.07) is 0. The maximum absolute atomic E-state index is 11.6. The highest BCUT2D eigenvalue weighted by Gasteiger charge is 2.22. The largest absolute Gasteiger partial charge is 0.326 e.